The molecule has 1 N–H and O–H groups in total. The van der Waals surface area contributed by atoms with Gasteiger partial charge in [-0.3, -0.25) is 4.21 Å². The average molecular weight is 163 g/mol. The van der Waals surface area contributed by atoms with Gasteiger partial charge in [-0.25, -0.2) is 0 Å². The second-order valence-electron chi connectivity index (χ2n) is 2.74. The molecule has 0 heterocycles. The van der Waals surface area contributed by atoms with Crippen molar-refractivity contribution in [3.05, 3.63) is 0 Å². The normalized spacial score (nSPS) is 24.2. The molecule has 4 heteroatoms. The largest absolute Gasteiger partial charge is 0.772 e. The van der Waals surface area contributed by atoms with Crippen LogP contribution in [0.1, 0.15) is 25.7 Å². The van der Waals surface area contributed by atoms with Crippen molar-refractivity contribution in [1.29, 1.82) is 0 Å². The van der Waals surface area contributed by atoms with Crippen LogP contribution in [0.15, 0.2) is 0 Å². The second-order valence-corrected chi connectivity index (χ2v) is 4.08. The molecule has 1 atom stereocenters. The molecule has 1 aliphatic carbocycles. The van der Waals surface area contributed by atoms with Gasteiger partial charge in [0.05, 0.1) is 0 Å². The van der Waals surface area contributed by atoms with E-state index in [1.807, 2.05) is 0 Å². The zero-order valence-electron chi connectivity index (χ0n) is 5.71. The van der Waals surface area contributed by atoms with Crippen LogP contribution in [0.4, 0.5) is 0 Å². The summed E-state index contributed by atoms with van der Waals surface area (Å²) < 4.78 is 20.6. The van der Waals surface area contributed by atoms with Crippen LogP contribution >= 0.6 is 0 Å². The SMILES string of the molecule is O=S([O-])C1(CCCO)CC1. The Morgan fingerprint density at radius 3 is 2.50 bits per heavy atom. The standard InChI is InChI=1S/C6H12O3S/c7-5-1-2-6(3-4-6)10(8)9/h7H,1-5H2,(H,8,9)/p-1. The highest BCUT2D eigenvalue weighted by Crippen LogP contribution is 2.44. The van der Waals surface area contributed by atoms with E-state index in [2.05, 4.69) is 0 Å². The van der Waals surface area contributed by atoms with Gasteiger partial charge in [0.1, 0.15) is 0 Å². The molecule has 0 aromatic heterocycles. The predicted octanol–water partition coefficient (Wildman–Crippen LogP) is 0.171. The van der Waals surface area contributed by atoms with Crippen molar-refractivity contribution in [2.75, 3.05) is 6.61 Å². The fourth-order valence-corrected chi connectivity index (χ4v) is 1.79. The summed E-state index contributed by atoms with van der Waals surface area (Å²) in [5, 5.41) is 8.44. The maximum absolute atomic E-state index is 10.5. The van der Waals surface area contributed by atoms with Crippen LogP contribution in [0.2, 0.25) is 0 Å². The van der Waals surface area contributed by atoms with Crippen molar-refractivity contribution < 1.29 is 13.9 Å². The first kappa shape index (κ1) is 8.17. The van der Waals surface area contributed by atoms with Gasteiger partial charge in [-0.1, -0.05) is 0 Å². The predicted molar refractivity (Wildman–Crippen MR) is 37.2 cm³/mol. The van der Waals surface area contributed by atoms with Gasteiger partial charge in [0, 0.05) is 11.4 Å². The van der Waals surface area contributed by atoms with Crippen LogP contribution in [-0.4, -0.2) is 25.2 Å². The minimum Gasteiger partial charge on any atom is -0.772 e. The number of aliphatic hydroxyl groups excluding tert-OH is 1. The number of rotatable bonds is 4. The molecular weight excluding hydrogens is 152 g/mol. The lowest BCUT2D eigenvalue weighted by Crippen LogP contribution is -2.16. The summed E-state index contributed by atoms with van der Waals surface area (Å²) >= 11 is -1.93. The molecule has 1 saturated carbocycles. The van der Waals surface area contributed by atoms with Crippen LogP contribution in [-0.2, 0) is 11.1 Å². The molecule has 3 nitrogen and oxygen atoms in total. The number of hydrogen-bond donors (Lipinski definition) is 1. The summed E-state index contributed by atoms with van der Waals surface area (Å²) in [4.78, 5) is 0. The highest BCUT2D eigenvalue weighted by Gasteiger charge is 2.43. The van der Waals surface area contributed by atoms with Crippen molar-refractivity contribution in [3.63, 3.8) is 0 Å². The molecule has 0 bridgehead atoms. The van der Waals surface area contributed by atoms with Crippen molar-refractivity contribution in [2.24, 2.45) is 0 Å². The molecule has 0 radical (unpaired) electrons. The zero-order valence-corrected chi connectivity index (χ0v) is 6.52. The van der Waals surface area contributed by atoms with E-state index in [4.69, 9.17) is 5.11 Å². The van der Waals surface area contributed by atoms with E-state index in [0.717, 1.165) is 12.8 Å². The smallest absolute Gasteiger partial charge is 0.0431 e. The molecule has 0 amide bonds. The number of hydrogen-bond acceptors (Lipinski definition) is 3. The zero-order chi connectivity index (χ0) is 7.61. The molecule has 10 heavy (non-hydrogen) atoms. The molecule has 60 valence electrons. The maximum atomic E-state index is 10.5. The van der Waals surface area contributed by atoms with E-state index in [1.165, 1.54) is 0 Å². The Morgan fingerprint density at radius 2 is 2.20 bits per heavy atom. The summed E-state index contributed by atoms with van der Waals surface area (Å²) in [5.41, 5.74) is 0. The Kier molecular flexibility index (Phi) is 2.44. The molecule has 1 aliphatic rings. The Bertz CT molecular complexity index is 142. The third kappa shape index (κ3) is 1.56. The third-order valence-electron chi connectivity index (χ3n) is 1.95. The summed E-state index contributed by atoms with van der Waals surface area (Å²) in [5.74, 6) is 0. The first-order valence-electron chi connectivity index (χ1n) is 3.41. The lowest BCUT2D eigenvalue weighted by atomic mass is 10.2. The highest BCUT2D eigenvalue weighted by molar-refractivity contribution is 7.81. The van der Waals surface area contributed by atoms with E-state index < -0.39 is 15.8 Å². The van der Waals surface area contributed by atoms with E-state index in [-0.39, 0.29) is 6.61 Å². The van der Waals surface area contributed by atoms with Crippen LogP contribution in [0.5, 0.6) is 0 Å². The maximum Gasteiger partial charge on any atom is 0.0431 e. The van der Waals surface area contributed by atoms with Crippen molar-refractivity contribution >= 4 is 11.1 Å². The average Bonchev–Trinajstić information content (AvgIpc) is 2.64. The van der Waals surface area contributed by atoms with Gasteiger partial charge in [-0.15, -0.1) is 0 Å². The molecule has 0 spiro atoms. The van der Waals surface area contributed by atoms with Crippen molar-refractivity contribution in [2.45, 2.75) is 30.4 Å². The van der Waals surface area contributed by atoms with E-state index in [1.54, 1.807) is 0 Å². The molecule has 1 unspecified atom stereocenters. The van der Waals surface area contributed by atoms with Crippen molar-refractivity contribution in [1.82, 2.24) is 0 Å². The first-order valence-corrected chi connectivity index (χ1v) is 4.49. The first-order chi connectivity index (χ1) is 4.71. The van der Waals surface area contributed by atoms with Gasteiger partial charge in [-0.2, -0.15) is 0 Å². The summed E-state index contributed by atoms with van der Waals surface area (Å²) in [6.45, 7) is 0.0962. The molecule has 0 aromatic carbocycles. The minimum atomic E-state index is -1.93. The molecular formula is C6H11O3S-. The van der Waals surface area contributed by atoms with Gasteiger partial charge in [0.15, 0.2) is 0 Å². The second kappa shape index (κ2) is 2.98. The van der Waals surface area contributed by atoms with E-state index in [9.17, 15) is 8.76 Å². The van der Waals surface area contributed by atoms with Gasteiger partial charge >= 0.3 is 0 Å². The topological polar surface area (TPSA) is 60.4 Å². The third-order valence-corrected chi connectivity index (χ3v) is 3.27. The van der Waals surface area contributed by atoms with Crippen LogP contribution in [0.25, 0.3) is 0 Å². The minimum absolute atomic E-state index is 0.0962. The molecule has 1 fully saturated rings. The Hall–Kier alpha value is 0.0700. The highest BCUT2D eigenvalue weighted by atomic mass is 32.2. The van der Waals surface area contributed by atoms with Gasteiger partial charge < -0.3 is 9.66 Å². The van der Waals surface area contributed by atoms with Gasteiger partial charge in [0.25, 0.3) is 0 Å². The van der Waals surface area contributed by atoms with Crippen LogP contribution in [0, 0.1) is 0 Å². The summed E-state index contributed by atoms with van der Waals surface area (Å²) in [7, 11) is 0. The Labute approximate surface area is 62.7 Å². The summed E-state index contributed by atoms with van der Waals surface area (Å²) in [6, 6.07) is 0. The van der Waals surface area contributed by atoms with Crippen LogP contribution in [0.3, 0.4) is 0 Å². The quantitative estimate of drug-likeness (QED) is 0.601. The Balaban J connectivity index is 2.31. The monoisotopic (exact) mass is 163 g/mol. The molecule has 0 aromatic rings. The molecule has 1 rings (SSSR count). The molecule has 0 aliphatic heterocycles. The Morgan fingerprint density at radius 1 is 1.60 bits per heavy atom. The van der Waals surface area contributed by atoms with Gasteiger partial charge in [0.2, 0.25) is 0 Å². The van der Waals surface area contributed by atoms with Crippen molar-refractivity contribution in [3.8, 4) is 0 Å². The van der Waals surface area contributed by atoms with E-state index >= 15 is 0 Å². The fourth-order valence-electron chi connectivity index (χ4n) is 1.04. The lowest BCUT2D eigenvalue weighted by Gasteiger charge is -2.16. The number of aliphatic hydroxyl groups is 1. The van der Waals surface area contributed by atoms with Crippen LogP contribution < -0.4 is 0 Å². The molecule has 0 saturated heterocycles. The van der Waals surface area contributed by atoms with Gasteiger partial charge in [-0.05, 0) is 36.8 Å². The fraction of sp³-hybridized carbons (Fsp3) is 1.00. The summed E-state index contributed by atoms with van der Waals surface area (Å²) in [6.07, 6.45) is 2.79. The lowest BCUT2D eigenvalue weighted by molar-refractivity contribution is 0.282. The van der Waals surface area contributed by atoms with E-state index in [0.29, 0.717) is 12.8 Å².